The Labute approximate surface area is 153 Å². The van der Waals surface area contributed by atoms with Gasteiger partial charge in [-0.15, -0.1) is 0 Å². The molecule has 0 heterocycles. The lowest BCUT2D eigenvalue weighted by Gasteiger charge is -2.24. The van der Waals surface area contributed by atoms with E-state index < -0.39 is 28.3 Å². The number of carbonyl (C=O) groups is 1. The standard InChI is InChI=1S/C19H23FN2O3S/c1-15(2)11-12-21-19(23)14-22(17-8-6-7-16(20)13-17)26(24,25)18-9-4-3-5-10-18/h3-10,13,15H,11-12,14H2,1-2H3,(H,21,23). The van der Waals surface area contributed by atoms with Gasteiger partial charge in [0, 0.05) is 6.54 Å². The number of nitrogens with zero attached hydrogens (tertiary/aromatic N) is 1. The molecule has 0 saturated heterocycles. The van der Waals surface area contributed by atoms with Gasteiger partial charge in [0.15, 0.2) is 0 Å². The summed E-state index contributed by atoms with van der Waals surface area (Å²) >= 11 is 0. The van der Waals surface area contributed by atoms with Crippen LogP contribution in [0.4, 0.5) is 10.1 Å². The Balaban J connectivity index is 2.30. The van der Waals surface area contributed by atoms with Crippen LogP contribution in [0, 0.1) is 11.7 Å². The largest absolute Gasteiger partial charge is 0.355 e. The molecule has 0 spiro atoms. The quantitative estimate of drug-likeness (QED) is 0.767. The lowest BCUT2D eigenvalue weighted by atomic mass is 10.1. The summed E-state index contributed by atoms with van der Waals surface area (Å²) in [6.45, 7) is 4.10. The predicted octanol–water partition coefficient (Wildman–Crippen LogP) is 3.18. The molecule has 0 fully saturated rings. The van der Waals surface area contributed by atoms with E-state index in [-0.39, 0.29) is 10.6 Å². The van der Waals surface area contributed by atoms with Crippen molar-refractivity contribution in [3.8, 4) is 0 Å². The zero-order valence-electron chi connectivity index (χ0n) is 14.9. The third-order valence-electron chi connectivity index (χ3n) is 3.76. The second kappa shape index (κ2) is 8.80. The smallest absolute Gasteiger partial charge is 0.264 e. The highest BCUT2D eigenvalue weighted by Gasteiger charge is 2.27. The van der Waals surface area contributed by atoms with Gasteiger partial charge in [0.1, 0.15) is 12.4 Å². The molecule has 0 bridgehead atoms. The third-order valence-corrected chi connectivity index (χ3v) is 5.55. The van der Waals surface area contributed by atoms with Gasteiger partial charge in [0.05, 0.1) is 10.6 Å². The maximum absolute atomic E-state index is 13.6. The summed E-state index contributed by atoms with van der Waals surface area (Å²) in [5, 5.41) is 2.71. The van der Waals surface area contributed by atoms with Crippen LogP contribution in [0.3, 0.4) is 0 Å². The van der Waals surface area contributed by atoms with Gasteiger partial charge in [0.25, 0.3) is 10.0 Å². The Bertz CT molecular complexity index is 839. The maximum Gasteiger partial charge on any atom is 0.264 e. The first-order valence-corrected chi connectivity index (χ1v) is 9.85. The molecule has 0 atom stereocenters. The first-order chi connectivity index (χ1) is 12.3. The molecule has 1 amide bonds. The summed E-state index contributed by atoms with van der Waals surface area (Å²) in [6, 6.07) is 13.0. The summed E-state index contributed by atoms with van der Waals surface area (Å²) < 4.78 is 40.5. The summed E-state index contributed by atoms with van der Waals surface area (Å²) in [7, 11) is -4.00. The van der Waals surface area contributed by atoms with Crippen LogP contribution in [-0.4, -0.2) is 27.4 Å². The second-order valence-corrected chi connectivity index (χ2v) is 8.20. The van der Waals surface area contributed by atoms with Crippen molar-refractivity contribution in [2.75, 3.05) is 17.4 Å². The highest BCUT2D eigenvalue weighted by atomic mass is 32.2. The van der Waals surface area contributed by atoms with Crippen LogP contribution < -0.4 is 9.62 Å². The van der Waals surface area contributed by atoms with Gasteiger partial charge in [-0.25, -0.2) is 12.8 Å². The summed E-state index contributed by atoms with van der Waals surface area (Å²) in [4.78, 5) is 12.3. The number of hydrogen-bond acceptors (Lipinski definition) is 3. The van der Waals surface area contributed by atoms with Crippen LogP contribution in [0.15, 0.2) is 59.5 Å². The number of carbonyl (C=O) groups excluding carboxylic acids is 1. The number of nitrogens with one attached hydrogen (secondary N) is 1. The molecule has 0 aliphatic carbocycles. The fourth-order valence-electron chi connectivity index (χ4n) is 2.35. The number of anilines is 1. The van der Waals surface area contributed by atoms with E-state index in [1.807, 2.05) is 13.8 Å². The van der Waals surface area contributed by atoms with Crippen LogP contribution in [0.5, 0.6) is 0 Å². The SMILES string of the molecule is CC(C)CCNC(=O)CN(c1cccc(F)c1)S(=O)(=O)c1ccccc1. The van der Waals surface area contributed by atoms with E-state index in [9.17, 15) is 17.6 Å². The topological polar surface area (TPSA) is 66.5 Å². The fourth-order valence-corrected chi connectivity index (χ4v) is 3.79. The van der Waals surface area contributed by atoms with E-state index in [0.717, 1.165) is 16.8 Å². The monoisotopic (exact) mass is 378 g/mol. The molecule has 0 aromatic heterocycles. The van der Waals surface area contributed by atoms with E-state index in [4.69, 9.17) is 0 Å². The van der Waals surface area contributed by atoms with Crippen LogP contribution in [0.1, 0.15) is 20.3 Å². The Kier molecular flexibility index (Phi) is 6.74. The van der Waals surface area contributed by atoms with Gasteiger partial charge >= 0.3 is 0 Å². The van der Waals surface area contributed by atoms with Crippen LogP contribution in [-0.2, 0) is 14.8 Å². The van der Waals surface area contributed by atoms with E-state index in [2.05, 4.69) is 5.32 Å². The minimum atomic E-state index is -4.00. The maximum atomic E-state index is 13.6. The number of benzene rings is 2. The molecular formula is C19H23FN2O3S. The van der Waals surface area contributed by atoms with E-state index >= 15 is 0 Å². The van der Waals surface area contributed by atoms with Crippen molar-refractivity contribution in [2.24, 2.45) is 5.92 Å². The molecule has 0 unspecified atom stereocenters. The molecular weight excluding hydrogens is 355 g/mol. The highest BCUT2D eigenvalue weighted by Crippen LogP contribution is 2.24. The zero-order chi connectivity index (χ0) is 19.2. The number of halogens is 1. The molecule has 26 heavy (non-hydrogen) atoms. The van der Waals surface area contributed by atoms with Crippen molar-refractivity contribution in [1.29, 1.82) is 0 Å². The number of hydrogen-bond donors (Lipinski definition) is 1. The van der Waals surface area contributed by atoms with Crippen molar-refractivity contribution in [2.45, 2.75) is 25.2 Å². The molecule has 0 aliphatic rings. The van der Waals surface area contributed by atoms with Crippen molar-refractivity contribution in [3.63, 3.8) is 0 Å². The molecule has 2 rings (SSSR count). The predicted molar refractivity (Wildman–Crippen MR) is 99.8 cm³/mol. The lowest BCUT2D eigenvalue weighted by Crippen LogP contribution is -2.41. The normalized spacial score (nSPS) is 11.4. The Morgan fingerprint density at radius 1 is 1.12 bits per heavy atom. The fraction of sp³-hybridized carbons (Fsp3) is 0.316. The van der Waals surface area contributed by atoms with Gasteiger partial charge in [0.2, 0.25) is 5.91 Å². The number of amides is 1. The van der Waals surface area contributed by atoms with E-state index in [0.29, 0.717) is 12.5 Å². The van der Waals surface area contributed by atoms with Crippen LogP contribution in [0.2, 0.25) is 0 Å². The summed E-state index contributed by atoms with van der Waals surface area (Å²) in [6.07, 6.45) is 0.789. The lowest BCUT2D eigenvalue weighted by molar-refractivity contribution is -0.119. The number of rotatable bonds is 8. The third kappa shape index (κ3) is 5.29. The average Bonchev–Trinajstić information content (AvgIpc) is 2.60. The van der Waals surface area contributed by atoms with E-state index in [1.165, 1.54) is 30.3 Å². The second-order valence-electron chi connectivity index (χ2n) is 6.34. The zero-order valence-corrected chi connectivity index (χ0v) is 15.7. The first kappa shape index (κ1) is 19.9. The minimum absolute atomic E-state index is 0.0410. The van der Waals surface area contributed by atoms with Crippen molar-refractivity contribution in [3.05, 3.63) is 60.4 Å². The van der Waals surface area contributed by atoms with Crippen molar-refractivity contribution >= 4 is 21.6 Å². The molecule has 2 aromatic carbocycles. The van der Waals surface area contributed by atoms with Gasteiger partial charge < -0.3 is 5.32 Å². The van der Waals surface area contributed by atoms with Crippen LogP contribution in [0.25, 0.3) is 0 Å². The first-order valence-electron chi connectivity index (χ1n) is 8.41. The van der Waals surface area contributed by atoms with E-state index in [1.54, 1.807) is 18.2 Å². The summed E-state index contributed by atoms with van der Waals surface area (Å²) in [5.74, 6) is -0.590. The van der Waals surface area contributed by atoms with Gasteiger partial charge in [-0.05, 0) is 42.7 Å². The Hall–Kier alpha value is -2.41. The van der Waals surface area contributed by atoms with Crippen molar-refractivity contribution < 1.29 is 17.6 Å². The van der Waals surface area contributed by atoms with Crippen LogP contribution >= 0.6 is 0 Å². The molecule has 0 aliphatic heterocycles. The molecule has 1 N–H and O–H groups in total. The molecule has 0 saturated carbocycles. The molecule has 2 aromatic rings. The van der Waals surface area contributed by atoms with Gasteiger partial charge in [-0.3, -0.25) is 9.10 Å². The minimum Gasteiger partial charge on any atom is -0.355 e. The summed E-state index contributed by atoms with van der Waals surface area (Å²) in [5.41, 5.74) is 0.105. The molecule has 5 nitrogen and oxygen atoms in total. The molecule has 7 heteroatoms. The Morgan fingerprint density at radius 2 is 1.81 bits per heavy atom. The molecule has 140 valence electrons. The average molecular weight is 378 g/mol. The van der Waals surface area contributed by atoms with Gasteiger partial charge in [-0.2, -0.15) is 0 Å². The Morgan fingerprint density at radius 3 is 2.42 bits per heavy atom. The van der Waals surface area contributed by atoms with Crippen molar-refractivity contribution in [1.82, 2.24) is 5.32 Å². The number of sulfonamides is 1. The highest BCUT2D eigenvalue weighted by molar-refractivity contribution is 7.92. The van der Waals surface area contributed by atoms with Gasteiger partial charge in [-0.1, -0.05) is 38.1 Å². The molecule has 0 radical (unpaired) electrons.